The first kappa shape index (κ1) is 16.7. The van der Waals surface area contributed by atoms with Crippen LogP contribution in [0.3, 0.4) is 0 Å². The molecule has 4 rings (SSSR count). The molecule has 0 spiro atoms. The molecule has 0 N–H and O–H groups in total. The fourth-order valence-corrected chi connectivity index (χ4v) is 3.54. The van der Waals surface area contributed by atoms with Crippen LogP contribution in [0.2, 0.25) is 0 Å². The van der Waals surface area contributed by atoms with Crippen molar-refractivity contribution in [2.45, 2.75) is 25.4 Å². The van der Waals surface area contributed by atoms with Crippen molar-refractivity contribution in [2.24, 2.45) is 0 Å². The molecule has 0 saturated carbocycles. The van der Waals surface area contributed by atoms with Crippen molar-refractivity contribution in [1.82, 2.24) is 20.0 Å². The highest BCUT2D eigenvalue weighted by atomic mass is 32.1. The van der Waals surface area contributed by atoms with Crippen LogP contribution in [-0.2, 0) is 11.2 Å². The maximum atomic E-state index is 12.4. The highest BCUT2D eigenvalue weighted by molar-refractivity contribution is 7.13. The number of likely N-dealkylation sites (tertiary alicyclic amines) is 1. The molecule has 1 aliphatic heterocycles. The summed E-state index contributed by atoms with van der Waals surface area (Å²) in [4.78, 5) is 23.6. The number of rotatable bonds is 6. The smallest absolute Gasteiger partial charge is 0.227 e. The molecule has 1 atom stereocenters. The minimum absolute atomic E-state index is 0.0111. The fourth-order valence-electron chi connectivity index (χ4n) is 2.89. The van der Waals surface area contributed by atoms with Crippen LogP contribution in [0.4, 0.5) is 0 Å². The SMILES string of the molecule is O=C(CCc1nc(-c2cccs2)no1)N1CCC(Oc2cccnc2)C1. The summed E-state index contributed by atoms with van der Waals surface area (Å²) in [5.74, 6) is 1.88. The number of ether oxygens (including phenoxy) is 1. The number of carbonyl (C=O) groups is 1. The Kier molecular flexibility index (Phi) is 4.92. The quantitative estimate of drug-likeness (QED) is 0.664. The Bertz CT molecular complexity index is 850. The molecule has 8 heteroatoms. The van der Waals surface area contributed by atoms with Gasteiger partial charge in [0, 0.05) is 32.0 Å². The van der Waals surface area contributed by atoms with Crippen molar-refractivity contribution in [2.75, 3.05) is 13.1 Å². The average molecular weight is 370 g/mol. The maximum absolute atomic E-state index is 12.4. The van der Waals surface area contributed by atoms with Crippen LogP contribution in [0.1, 0.15) is 18.7 Å². The molecular weight excluding hydrogens is 352 g/mol. The minimum atomic E-state index is 0.0111. The fraction of sp³-hybridized carbons (Fsp3) is 0.333. The van der Waals surface area contributed by atoms with Crippen LogP contribution in [0, 0.1) is 0 Å². The van der Waals surface area contributed by atoms with Gasteiger partial charge in [0.2, 0.25) is 17.6 Å². The topological polar surface area (TPSA) is 81.4 Å². The minimum Gasteiger partial charge on any atom is -0.487 e. The van der Waals surface area contributed by atoms with Gasteiger partial charge >= 0.3 is 0 Å². The number of carbonyl (C=O) groups excluding carboxylic acids is 1. The monoisotopic (exact) mass is 370 g/mol. The number of hydrogen-bond donors (Lipinski definition) is 0. The van der Waals surface area contributed by atoms with E-state index in [2.05, 4.69) is 15.1 Å². The molecule has 1 fully saturated rings. The third-order valence-corrected chi connectivity index (χ3v) is 5.06. The number of pyridine rings is 1. The predicted molar refractivity (Wildman–Crippen MR) is 95.8 cm³/mol. The highest BCUT2D eigenvalue weighted by Crippen LogP contribution is 2.22. The third kappa shape index (κ3) is 3.91. The van der Waals surface area contributed by atoms with Gasteiger partial charge in [-0.2, -0.15) is 4.98 Å². The van der Waals surface area contributed by atoms with Crippen molar-refractivity contribution < 1.29 is 14.1 Å². The molecular formula is C18H18N4O3S. The van der Waals surface area contributed by atoms with Gasteiger partial charge in [-0.25, -0.2) is 0 Å². The molecule has 26 heavy (non-hydrogen) atoms. The number of thiophene rings is 1. The number of nitrogens with zero attached hydrogens (tertiary/aromatic N) is 4. The lowest BCUT2D eigenvalue weighted by Crippen LogP contribution is -2.31. The Morgan fingerprint density at radius 1 is 1.38 bits per heavy atom. The summed E-state index contributed by atoms with van der Waals surface area (Å²) >= 11 is 1.56. The molecule has 1 aliphatic rings. The first-order chi connectivity index (χ1) is 12.8. The number of amides is 1. The molecule has 3 aromatic rings. The van der Waals surface area contributed by atoms with Gasteiger partial charge in [0.25, 0.3) is 0 Å². The molecule has 1 saturated heterocycles. The van der Waals surface area contributed by atoms with Gasteiger partial charge < -0.3 is 14.2 Å². The van der Waals surface area contributed by atoms with Crippen molar-refractivity contribution in [3.05, 3.63) is 47.9 Å². The largest absolute Gasteiger partial charge is 0.487 e. The Labute approximate surface area is 154 Å². The lowest BCUT2D eigenvalue weighted by Gasteiger charge is -2.16. The van der Waals surface area contributed by atoms with E-state index >= 15 is 0 Å². The van der Waals surface area contributed by atoms with E-state index in [1.54, 1.807) is 23.7 Å². The second-order valence-corrected chi connectivity index (χ2v) is 6.99. The number of hydrogen-bond acceptors (Lipinski definition) is 7. The summed E-state index contributed by atoms with van der Waals surface area (Å²) in [5.41, 5.74) is 0. The van der Waals surface area contributed by atoms with Gasteiger partial charge in [-0.05, 0) is 23.6 Å². The zero-order valence-electron chi connectivity index (χ0n) is 14.1. The molecule has 1 amide bonds. The molecule has 0 radical (unpaired) electrons. The van der Waals surface area contributed by atoms with Crippen molar-refractivity contribution in [3.63, 3.8) is 0 Å². The average Bonchev–Trinajstić information content (AvgIpc) is 3.41. The van der Waals surface area contributed by atoms with Crippen LogP contribution in [0.5, 0.6) is 5.75 Å². The number of aromatic nitrogens is 3. The van der Waals surface area contributed by atoms with E-state index in [0.29, 0.717) is 37.6 Å². The normalized spacial score (nSPS) is 16.8. The van der Waals surface area contributed by atoms with Crippen molar-refractivity contribution in [3.8, 4) is 16.5 Å². The van der Waals surface area contributed by atoms with Gasteiger partial charge in [-0.1, -0.05) is 11.2 Å². The molecule has 0 bridgehead atoms. The Morgan fingerprint density at radius 2 is 2.35 bits per heavy atom. The van der Waals surface area contributed by atoms with Gasteiger partial charge in [-0.15, -0.1) is 11.3 Å². The first-order valence-corrected chi connectivity index (χ1v) is 9.37. The highest BCUT2D eigenvalue weighted by Gasteiger charge is 2.27. The summed E-state index contributed by atoms with van der Waals surface area (Å²) in [7, 11) is 0. The molecule has 7 nitrogen and oxygen atoms in total. The van der Waals surface area contributed by atoms with Crippen molar-refractivity contribution >= 4 is 17.2 Å². The lowest BCUT2D eigenvalue weighted by molar-refractivity contribution is -0.130. The molecule has 0 aromatic carbocycles. The van der Waals surface area contributed by atoms with Gasteiger partial charge in [0.15, 0.2) is 0 Å². The van der Waals surface area contributed by atoms with E-state index in [9.17, 15) is 4.79 Å². The molecule has 4 heterocycles. The molecule has 134 valence electrons. The van der Waals surface area contributed by atoms with E-state index < -0.39 is 0 Å². The van der Waals surface area contributed by atoms with Gasteiger partial charge in [-0.3, -0.25) is 9.78 Å². The molecule has 1 unspecified atom stereocenters. The number of aryl methyl sites for hydroxylation is 1. The van der Waals surface area contributed by atoms with E-state index in [1.165, 1.54) is 0 Å². The predicted octanol–water partition coefficient (Wildman–Crippen LogP) is 2.81. The Balaban J connectivity index is 1.26. The lowest BCUT2D eigenvalue weighted by atomic mass is 10.3. The summed E-state index contributed by atoms with van der Waals surface area (Å²) in [6.07, 6.45) is 5.03. The summed E-state index contributed by atoms with van der Waals surface area (Å²) < 4.78 is 11.1. The maximum Gasteiger partial charge on any atom is 0.227 e. The van der Waals surface area contributed by atoms with Gasteiger partial charge in [0.05, 0.1) is 17.6 Å². The standard InChI is InChI=1S/C18H18N4O3S/c23-17(6-5-16-20-18(21-25-16)15-4-2-10-26-15)22-9-7-14(12-22)24-13-3-1-8-19-11-13/h1-4,8,10-11,14H,5-7,9,12H2. The third-order valence-electron chi connectivity index (χ3n) is 4.20. The molecule has 3 aromatic heterocycles. The zero-order valence-corrected chi connectivity index (χ0v) is 14.9. The van der Waals surface area contributed by atoms with Crippen LogP contribution in [0.25, 0.3) is 10.7 Å². The van der Waals surface area contributed by atoms with Crippen LogP contribution in [0.15, 0.2) is 46.6 Å². The Hall–Kier alpha value is -2.74. The summed E-state index contributed by atoms with van der Waals surface area (Å²) in [5, 5.41) is 5.93. The van der Waals surface area contributed by atoms with Crippen LogP contribution < -0.4 is 4.74 Å². The first-order valence-electron chi connectivity index (χ1n) is 8.49. The van der Waals surface area contributed by atoms with Crippen molar-refractivity contribution in [1.29, 1.82) is 0 Å². The molecule has 0 aliphatic carbocycles. The Morgan fingerprint density at radius 3 is 3.15 bits per heavy atom. The van der Waals surface area contributed by atoms with Gasteiger partial charge in [0.1, 0.15) is 11.9 Å². The van der Waals surface area contributed by atoms with E-state index in [4.69, 9.17) is 9.26 Å². The summed E-state index contributed by atoms with van der Waals surface area (Å²) in [6, 6.07) is 7.59. The second kappa shape index (κ2) is 7.65. The van der Waals surface area contributed by atoms with Crippen LogP contribution >= 0.6 is 11.3 Å². The summed E-state index contributed by atoms with van der Waals surface area (Å²) in [6.45, 7) is 1.30. The second-order valence-electron chi connectivity index (χ2n) is 6.05. The van der Waals surface area contributed by atoms with E-state index in [-0.39, 0.29) is 12.0 Å². The van der Waals surface area contributed by atoms with Crippen LogP contribution in [-0.4, -0.2) is 45.1 Å². The van der Waals surface area contributed by atoms with E-state index in [1.807, 2.05) is 34.5 Å². The zero-order chi connectivity index (χ0) is 17.8. The van der Waals surface area contributed by atoms with E-state index in [0.717, 1.165) is 17.0 Å².